The number of nitrogens with zero attached hydrogens (tertiary/aromatic N) is 3. The van der Waals surface area contributed by atoms with Gasteiger partial charge in [0, 0.05) is 19.3 Å². The molecule has 0 bridgehead atoms. The third-order valence-corrected chi connectivity index (χ3v) is 3.11. The third kappa shape index (κ3) is 5.25. The third-order valence-electron chi connectivity index (χ3n) is 3.11. The molecule has 0 amide bonds. The summed E-state index contributed by atoms with van der Waals surface area (Å²) in [4.78, 5) is 6.48. The molecule has 2 aromatic rings. The summed E-state index contributed by atoms with van der Waals surface area (Å²) < 4.78 is 5.70. The maximum Gasteiger partial charge on any atom is 0.119 e. The minimum Gasteiger partial charge on any atom is -0.492 e. The average molecular weight is 281 g/mol. The Morgan fingerprint density at radius 1 is 1.19 bits per heavy atom. The Kier molecular flexibility index (Phi) is 5.74. The van der Waals surface area contributed by atoms with Gasteiger partial charge in [0.25, 0.3) is 0 Å². The summed E-state index contributed by atoms with van der Waals surface area (Å²) in [5, 5.41) is 8.62. The fourth-order valence-electron chi connectivity index (χ4n) is 1.96. The number of rotatable bonds is 7. The molecule has 2 rings (SSSR count). The van der Waals surface area contributed by atoms with Crippen molar-refractivity contribution in [3.8, 4) is 11.8 Å². The van der Waals surface area contributed by atoms with Gasteiger partial charge in [0.15, 0.2) is 0 Å². The van der Waals surface area contributed by atoms with E-state index in [4.69, 9.17) is 10.00 Å². The van der Waals surface area contributed by atoms with E-state index < -0.39 is 0 Å². The molecule has 0 radical (unpaired) electrons. The number of nitriles is 1. The number of ether oxygens (including phenoxy) is 1. The standard InChI is InChI=1S/C17H19N3O/c1-20(14-16-4-2-3-11-19-16)12-13-21-17-7-5-15(6-8-17)9-10-18/h2-8,11H,9,12-14H2,1H3. The predicted molar refractivity (Wildman–Crippen MR) is 81.8 cm³/mol. The molecule has 0 aliphatic rings. The van der Waals surface area contributed by atoms with Crippen LogP contribution in [0.3, 0.4) is 0 Å². The highest BCUT2D eigenvalue weighted by molar-refractivity contribution is 5.28. The summed E-state index contributed by atoms with van der Waals surface area (Å²) in [6.07, 6.45) is 2.25. The van der Waals surface area contributed by atoms with Crippen LogP contribution in [0.2, 0.25) is 0 Å². The lowest BCUT2D eigenvalue weighted by atomic mass is 10.2. The zero-order valence-corrected chi connectivity index (χ0v) is 12.2. The SMILES string of the molecule is CN(CCOc1ccc(CC#N)cc1)Cc1ccccn1. The highest BCUT2D eigenvalue weighted by atomic mass is 16.5. The van der Waals surface area contributed by atoms with Gasteiger partial charge in [0.05, 0.1) is 18.2 Å². The number of benzene rings is 1. The van der Waals surface area contributed by atoms with Crippen LogP contribution in [0.4, 0.5) is 0 Å². The van der Waals surface area contributed by atoms with Crippen LogP contribution >= 0.6 is 0 Å². The number of aromatic nitrogens is 1. The lowest BCUT2D eigenvalue weighted by Gasteiger charge is -2.16. The van der Waals surface area contributed by atoms with Crippen molar-refractivity contribution in [1.29, 1.82) is 5.26 Å². The molecule has 0 atom stereocenters. The number of pyridine rings is 1. The minimum absolute atomic E-state index is 0.438. The monoisotopic (exact) mass is 281 g/mol. The van der Waals surface area contributed by atoms with Crippen LogP contribution in [0.5, 0.6) is 5.75 Å². The molecule has 0 saturated carbocycles. The summed E-state index contributed by atoms with van der Waals surface area (Å²) in [7, 11) is 2.05. The summed E-state index contributed by atoms with van der Waals surface area (Å²) in [5.74, 6) is 0.836. The molecule has 0 aliphatic carbocycles. The minimum atomic E-state index is 0.438. The molecular formula is C17H19N3O. The summed E-state index contributed by atoms with van der Waals surface area (Å²) in [6, 6.07) is 15.7. The average Bonchev–Trinajstić information content (AvgIpc) is 2.50. The summed E-state index contributed by atoms with van der Waals surface area (Å²) >= 11 is 0. The second kappa shape index (κ2) is 8.03. The molecule has 0 aliphatic heterocycles. The van der Waals surface area contributed by atoms with Gasteiger partial charge in [-0.2, -0.15) is 5.26 Å². The van der Waals surface area contributed by atoms with Gasteiger partial charge in [-0.1, -0.05) is 18.2 Å². The molecule has 0 spiro atoms. The maximum absolute atomic E-state index is 8.62. The highest BCUT2D eigenvalue weighted by Crippen LogP contribution is 2.12. The lowest BCUT2D eigenvalue weighted by molar-refractivity contribution is 0.231. The van der Waals surface area contributed by atoms with Crippen molar-refractivity contribution in [2.45, 2.75) is 13.0 Å². The topological polar surface area (TPSA) is 49.1 Å². The van der Waals surface area contributed by atoms with E-state index in [2.05, 4.69) is 16.0 Å². The molecular weight excluding hydrogens is 262 g/mol. The molecule has 0 unspecified atom stereocenters. The van der Waals surface area contributed by atoms with Gasteiger partial charge >= 0.3 is 0 Å². The Labute approximate surface area is 125 Å². The van der Waals surface area contributed by atoms with E-state index in [9.17, 15) is 0 Å². The van der Waals surface area contributed by atoms with E-state index in [-0.39, 0.29) is 0 Å². The van der Waals surface area contributed by atoms with Gasteiger partial charge in [-0.3, -0.25) is 9.88 Å². The van der Waals surface area contributed by atoms with Gasteiger partial charge in [-0.15, -0.1) is 0 Å². The predicted octanol–water partition coefficient (Wildman–Crippen LogP) is 2.66. The van der Waals surface area contributed by atoms with Crippen molar-refractivity contribution in [2.75, 3.05) is 20.2 Å². The Balaban J connectivity index is 1.72. The fraction of sp³-hybridized carbons (Fsp3) is 0.294. The van der Waals surface area contributed by atoms with Crippen LogP contribution in [0.25, 0.3) is 0 Å². The number of hydrogen-bond donors (Lipinski definition) is 0. The van der Waals surface area contributed by atoms with Crippen molar-refractivity contribution >= 4 is 0 Å². The van der Waals surface area contributed by atoms with E-state index in [0.29, 0.717) is 13.0 Å². The molecule has 1 aromatic carbocycles. The molecule has 0 N–H and O–H groups in total. The Hall–Kier alpha value is -2.38. The van der Waals surface area contributed by atoms with Crippen LogP contribution in [-0.2, 0) is 13.0 Å². The van der Waals surface area contributed by atoms with Crippen LogP contribution in [0.15, 0.2) is 48.7 Å². The molecule has 4 heteroatoms. The van der Waals surface area contributed by atoms with E-state index in [0.717, 1.165) is 30.1 Å². The molecule has 1 aromatic heterocycles. The van der Waals surface area contributed by atoms with E-state index in [1.165, 1.54) is 0 Å². The van der Waals surface area contributed by atoms with Crippen molar-refractivity contribution in [2.24, 2.45) is 0 Å². The van der Waals surface area contributed by atoms with Crippen LogP contribution in [0, 0.1) is 11.3 Å². The van der Waals surface area contributed by atoms with Crippen molar-refractivity contribution in [3.05, 3.63) is 59.9 Å². The van der Waals surface area contributed by atoms with Gasteiger partial charge in [0.2, 0.25) is 0 Å². The van der Waals surface area contributed by atoms with E-state index >= 15 is 0 Å². The maximum atomic E-state index is 8.62. The molecule has 0 fully saturated rings. The largest absolute Gasteiger partial charge is 0.492 e. The first-order chi connectivity index (χ1) is 10.3. The molecule has 21 heavy (non-hydrogen) atoms. The molecule has 4 nitrogen and oxygen atoms in total. The first-order valence-corrected chi connectivity index (χ1v) is 6.95. The zero-order chi connectivity index (χ0) is 14.9. The second-order valence-electron chi connectivity index (χ2n) is 4.89. The first-order valence-electron chi connectivity index (χ1n) is 6.95. The van der Waals surface area contributed by atoms with Crippen molar-refractivity contribution < 1.29 is 4.74 Å². The normalized spacial score (nSPS) is 10.3. The summed E-state index contributed by atoms with van der Waals surface area (Å²) in [6.45, 7) is 2.27. The Morgan fingerprint density at radius 2 is 2.00 bits per heavy atom. The first kappa shape index (κ1) is 15.0. The lowest BCUT2D eigenvalue weighted by Crippen LogP contribution is -2.24. The second-order valence-corrected chi connectivity index (χ2v) is 4.89. The smallest absolute Gasteiger partial charge is 0.119 e. The van der Waals surface area contributed by atoms with E-state index in [1.807, 2.05) is 55.7 Å². The quantitative estimate of drug-likeness (QED) is 0.783. The highest BCUT2D eigenvalue weighted by Gasteiger charge is 2.02. The molecule has 0 saturated heterocycles. The van der Waals surface area contributed by atoms with Crippen LogP contribution in [-0.4, -0.2) is 30.1 Å². The van der Waals surface area contributed by atoms with Crippen molar-refractivity contribution in [3.63, 3.8) is 0 Å². The molecule has 1 heterocycles. The Bertz CT molecular complexity index is 575. The Morgan fingerprint density at radius 3 is 2.67 bits per heavy atom. The van der Waals surface area contributed by atoms with Crippen LogP contribution < -0.4 is 4.74 Å². The number of likely N-dealkylation sites (N-methyl/N-ethyl adjacent to an activating group) is 1. The van der Waals surface area contributed by atoms with Crippen molar-refractivity contribution in [1.82, 2.24) is 9.88 Å². The van der Waals surface area contributed by atoms with Gasteiger partial charge in [-0.05, 0) is 36.9 Å². The van der Waals surface area contributed by atoms with Gasteiger partial charge in [0.1, 0.15) is 12.4 Å². The summed E-state index contributed by atoms with van der Waals surface area (Å²) in [5.41, 5.74) is 2.07. The van der Waals surface area contributed by atoms with Gasteiger partial charge in [-0.25, -0.2) is 0 Å². The fourth-order valence-corrected chi connectivity index (χ4v) is 1.96. The van der Waals surface area contributed by atoms with Crippen LogP contribution in [0.1, 0.15) is 11.3 Å². The van der Waals surface area contributed by atoms with E-state index in [1.54, 1.807) is 0 Å². The molecule has 108 valence electrons. The van der Waals surface area contributed by atoms with Gasteiger partial charge < -0.3 is 4.74 Å². The number of hydrogen-bond acceptors (Lipinski definition) is 4. The zero-order valence-electron chi connectivity index (χ0n) is 12.2.